The van der Waals surface area contributed by atoms with Crippen molar-refractivity contribution in [1.82, 2.24) is 10.2 Å². The molecule has 2 aromatic rings. The molecule has 1 heterocycles. The molecule has 1 N–H and O–H groups in total. The van der Waals surface area contributed by atoms with E-state index in [1.807, 2.05) is 60.7 Å². The quantitative estimate of drug-likeness (QED) is 0.802. The molecule has 0 bridgehead atoms. The number of carbonyl (C=O) groups excluding carboxylic acids is 3. The van der Waals surface area contributed by atoms with Crippen molar-refractivity contribution in [3.05, 3.63) is 71.8 Å². The number of rotatable bonds is 6. The van der Waals surface area contributed by atoms with E-state index in [-0.39, 0.29) is 18.9 Å². The van der Waals surface area contributed by atoms with Crippen molar-refractivity contribution in [2.75, 3.05) is 6.54 Å². The summed E-state index contributed by atoms with van der Waals surface area (Å²) in [6.07, 6.45) is -0.604. The molecule has 1 aliphatic rings. The van der Waals surface area contributed by atoms with Gasteiger partial charge >= 0.3 is 5.97 Å². The van der Waals surface area contributed by atoms with Crippen LogP contribution in [0.2, 0.25) is 0 Å². The average molecular weight is 352 g/mol. The molecule has 0 spiro atoms. The van der Waals surface area contributed by atoms with Crippen molar-refractivity contribution in [3.8, 4) is 0 Å². The molecule has 6 heteroatoms. The van der Waals surface area contributed by atoms with Crippen LogP contribution >= 0.6 is 0 Å². The van der Waals surface area contributed by atoms with Crippen LogP contribution in [0.4, 0.5) is 0 Å². The molecule has 2 aromatic carbocycles. The van der Waals surface area contributed by atoms with Gasteiger partial charge in [0.2, 0.25) is 5.91 Å². The Morgan fingerprint density at radius 3 is 2.27 bits per heavy atom. The van der Waals surface area contributed by atoms with Gasteiger partial charge in [-0.1, -0.05) is 60.7 Å². The van der Waals surface area contributed by atoms with E-state index >= 15 is 0 Å². The van der Waals surface area contributed by atoms with Gasteiger partial charge in [0.25, 0.3) is 12.1 Å². The van der Waals surface area contributed by atoms with Gasteiger partial charge in [-0.15, -0.1) is 0 Å². The van der Waals surface area contributed by atoms with Crippen LogP contribution in [-0.4, -0.2) is 35.5 Å². The number of piperazine rings is 1. The third kappa shape index (κ3) is 4.69. The SMILES string of the molecule is O=C1CN(Cc2ccccc2)C(=O)[C@@H](OC(=O)CCc2ccccc2)N1. The number of ether oxygens (including phenoxy) is 1. The zero-order valence-electron chi connectivity index (χ0n) is 14.3. The maximum Gasteiger partial charge on any atom is 0.308 e. The summed E-state index contributed by atoms with van der Waals surface area (Å²) in [5.41, 5.74) is 1.92. The number of nitrogens with one attached hydrogen (secondary N) is 1. The lowest BCUT2D eigenvalue weighted by Gasteiger charge is -2.32. The van der Waals surface area contributed by atoms with E-state index in [9.17, 15) is 14.4 Å². The van der Waals surface area contributed by atoms with Gasteiger partial charge in [0, 0.05) is 13.0 Å². The second-order valence-electron chi connectivity index (χ2n) is 6.10. The fourth-order valence-corrected chi connectivity index (χ4v) is 2.77. The van der Waals surface area contributed by atoms with Gasteiger partial charge in [0.15, 0.2) is 0 Å². The van der Waals surface area contributed by atoms with E-state index in [1.165, 1.54) is 4.90 Å². The zero-order chi connectivity index (χ0) is 18.4. The summed E-state index contributed by atoms with van der Waals surface area (Å²) >= 11 is 0. The molecular weight excluding hydrogens is 332 g/mol. The van der Waals surface area contributed by atoms with Gasteiger partial charge in [-0.3, -0.25) is 14.4 Å². The summed E-state index contributed by atoms with van der Waals surface area (Å²) in [5, 5.41) is 2.44. The topological polar surface area (TPSA) is 75.7 Å². The van der Waals surface area contributed by atoms with Gasteiger partial charge < -0.3 is 15.0 Å². The monoisotopic (exact) mass is 352 g/mol. The van der Waals surface area contributed by atoms with Gasteiger partial charge in [-0.05, 0) is 17.5 Å². The van der Waals surface area contributed by atoms with Crippen molar-refractivity contribution < 1.29 is 19.1 Å². The number of amides is 2. The Bertz CT molecular complexity index is 777. The molecule has 134 valence electrons. The highest BCUT2D eigenvalue weighted by atomic mass is 16.6. The van der Waals surface area contributed by atoms with Crippen molar-refractivity contribution >= 4 is 17.8 Å². The lowest BCUT2D eigenvalue weighted by Crippen LogP contribution is -2.59. The Labute approximate surface area is 151 Å². The molecule has 6 nitrogen and oxygen atoms in total. The van der Waals surface area contributed by atoms with Crippen LogP contribution in [0, 0.1) is 0 Å². The summed E-state index contributed by atoms with van der Waals surface area (Å²) in [7, 11) is 0. The van der Waals surface area contributed by atoms with E-state index in [0.717, 1.165) is 11.1 Å². The first-order valence-corrected chi connectivity index (χ1v) is 8.47. The van der Waals surface area contributed by atoms with Gasteiger partial charge in [0.05, 0.1) is 0 Å². The molecule has 26 heavy (non-hydrogen) atoms. The standard InChI is InChI=1S/C20H20N2O4/c23-17-14-22(13-16-9-5-2-6-10-16)20(25)19(21-17)26-18(24)12-11-15-7-3-1-4-8-15/h1-10,19H,11-14H2,(H,21,23)/t19-/m1/s1. The number of carbonyl (C=O) groups is 3. The largest absolute Gasteiger partial charge is 0.432 e. The second kappa shape index (κ2) is 8.29. The first-order valence-electron chi connectivity index (χ1n) is 8.47. The Morgan fingerprint density at radius 1 is 1.00 bits per heavy atom. The maximum atomic E-state index is 12.5. The van der Waals surface area contributed by atoms with E-state index in [1.54, 1.807) is 0 Å². The molecule has 0 saturated carbocycles. The molecule has 1 saturated heterocycles. The Hall–Kier alpha value is -3.15. The van der Waals surface area contributed by atoms with E-state index < -0.39 is 18.1 Å². The van der Waals surface area contributed by atoms with Crippen LogP contribution in [0.25, 0.3) is 0 Å². The molecular formula is C20H20N2O4. The fraction of sp³-hybridized carbons (Fsp3) is 0.250. The van der Waals surface area contributed by atoms with Crippen LogP contribution in [0.1, 0.15) is 17.5 Å². The summed E-state index contributed by atoms with van der Waals surface area (Å²) in [6, 6.07) is 18.9. The predicted molar refractivity (Wildman–Crippen MR) is 94.6 cm³/mol. The molecule has 1 atom stereocenters. The highest BCUT2D eigenvalue weighted by molar-refractivity contribution is 5.95. The number of benzene rings is 2. The summed E-state index contributed by atoms with van der Waals surface area (Å²) in [6.45, 7) is 0.247. The lowest BCUT2D eigenvalue weighted by molar-refractivity contribution is -0.169. The summed E-state index contributed by atoms with van der Waals surface area (Å²) in [4.78, 5) is 37.9. The Balaban J connectivity index is 1.57. The smallest absolute Gasteiger partial charge is 0.308 e. The predicted octanol–water partition coefficient (Wildman–Crippen LogP) is 1.65. The number of hydrogen-bond acceptors (Lipinski definition) is 4. The van der Waals surface area contributed by atoms with Crippen LogP contribution in [-0.2, 0) is 32.1 Å². The normalized spacial score (nSPS) is 16.9. The number of hydrogen-bond donors (Lipinski definition) is 1. The molecule has 0 aliphatic carbocycles. The van der Waals surface area contributed by atoms with Crippen LogP contribution < -0.4 is 5.32 Å². The fourth-order valence-electron chi connectivity index (χ4n) is 2.77. The molecule has 3 rings (SSSR count). The number of aryl methyl sites for hydroxylation is 1. The third-order valence-electron chi connectivity index (χ3n) is 4.09. The highest BCUT2D eigenvalue weighted by Gasteiger charge is 2.35. The van der Waals surface area contributed by atoms with E-state index in [0.29, 0.717) is 13.0 Å². The van der Waals surface area contributed by atoms with Gasteiger partial charge in [-0.2, -0.15) is 0 Å². The van der Waals surface area contributed by atoms with Crippen molar-refractivity contribution in [2.45, 2.75) is 25.6 Å². The average Bonchev–Trinajstić information content (AvgIpc) is 2.65. The third-order valence-corrected chi connectivity index (χ3v) is 4.09. The molecule has 2 amide bonds. The van der Waals surface area contributed by atoms with Crippen LogP contribution in [0.3, 0.4) is 0 Å². The van der Waals surface area contributed by atoms with Gasteiger partial charge in [0.1, 0.15) is 6.54 Å². The minimum Gasteiger partial charge on any atom is -0.432 e. The first-order chi connectivity index (χ1) is 12.6. The summed E-state index contributed by atoms with van der Waals surface area (Å²) < 4.78 is 5.20. The lowest BCUT2D eigenvalue weighted by atomic mass is 10.1. The van der Waals surface area contributed by atoms with Crippen LogP contribution in [0.5, 0.6) is 0 Å². The molecule has 0 radical (unpaired) electrons. The van der Waals surface area contributed by atoms with Crippen molar-refractivity contribution in [2.24, 2.45) is 0 Å². The van der Waals surface area contributed by atoms with Crippen molar-refractivity contribution in [1.29, 1.82) is 0 Å². The van der Waals surface area contributed by atoms with Crippen molar-refractivity contribution in [3.63, 3.8) is 0 Å². The van der Waals surface area contributed by atoms with Gasteiger partial charge in [-0.25, -0.2) is 0 Å². The van der Waals surface area contributed by atoms with E-state index in [4.69, 9.17) is 4.74 Å². The summed E-state index contributed by atoms with van der Waals surface area (Å²) in [5.74, 6) is -1.28. The minimum atomic E-state index is -1.26. The molecule has 0 unspecified atom stereocenters. The molecule has 1 fully saturated rings. The van der Waals surface area contributed by atoms with Crippen LogP contribution in [0.15, 0.2) is 60.7 Å². The second-order valence-corrected chi connectivity index (χ2v) is 6.10. The molecule has 0 aromatic heterocycles. The number of esters is 1. The number of nitrogens with zero attached hydrogens (tertiary/aromatic N) is 1. The minimum absolute atomic E-state index is 0.0498. The Morgan fingerprint density at radius 2 is 1.62 bits per heavy atom. The van der Waals surface area contributed by atoms with E-state index in [2.05, 4.69) is 5.32 Å². The Kier molecular flexibility index (Phi) is 5.63. The molecule has 1 aliphatic heterocycles. The zero-order valence-corrected chi connectivity index (χ0v) is 14.3. The highest BCUT2D eigenvalue weighted by Crippen LogP contribution is 2.11. The maximum absolute atomic E-state index is 12.5. The first kappa shape index (κ1) is 17.7.